The third-order valence-corrected chi connectivity index (χ3v) is 3.05. The molecule has 1 aromatic rings. The Morgan fingerprint density at radius 3 is 2.75 bits per heavy atom. The second-order valence-electron chi connectivity index (χ2n) is 3.04. The van der Waals surface area contributed by atoms with Crippen molar-refractivity contribution in [3.05, 3.63) is 23.7 Å². The lowest BCUT2D eigenvalue weighted by Crippen LogP contribution is -2.04. The summed E-state index contributed by atoms with van der Waals surface area (Å²) in [6, 6.07) is 2.99. The van der Waals surface area contributed by atoms with Gasteiger partial charge >= 0.3 is 11.9 Å². The van der Waals surface area contributed by atoms with Crippen LogP contribution in [0, 0.1) is 0 Å². The van der Waals surface area contributed by atoms with Crippen molar-refractivity contribution < 1.29 is 23.8 Å². The number of furan rings is 1. The minimum absolute atomic E-state index is 0.0906. The number of carbonyl (C=O) groups excluding carboxylic acids is 1. The molecule has 1 heterocycles. The highest BCUT2D eigenvalue weighted by Crippen LogP contribution is 2.29. The third-order valence-electron chi connectivity index (χ3n) is 1.92. The Morgan fingerprint density at radius 1 is 1.56 bits per heavy atom. The standard InChI is InChI=1S/C10H12O5S/c1-6(16-5-9(11)14-2)7-3-4-8(15-7)10(12)13/h3-4,6H,5H2,1-2H3,(H,12,13). The summed E-state index contributed by atoms with van der Waals surface area (Å²) in [5.74, 6) is -0.772. The molecule has 0 radical (unpaired) electrons. The van der Waals surface area contributed by atoms with Gasteiger partial charge in [0.25, 0.3) is 0 Å². The van der Waals surface area contributed by atoms with Crippen LogP contribution in [0.2, 0.25) is 0 Å². The average molecular weight is 244 g/mol. The summed E-state index contributed by atoms with van der Waals surface area (Å²) in [6.07, 6.45) is 0. The molecule has 1 rings (SSSR count). The molecule has 1 N–H and O–H groups in total. The van der Waals surface area contributed by atoms with E-state index in [1.54, 1.807) is 6.07 Å². The zero-order valence-corrected chi connectivity index (χ0v) is 9.74. The van der Waals surface area contributed by atoms with Gasteiger partial charge in [0, 0.05) is 0 Å². The van der Waals surface area contributed by atoms with Gasteiger partial charge in [0.1, 0.15) is 5.76 Å². The van der Waals surface area contributed by atoms with Crippen molar-refractivity contribution in [3.63, 3.8) is 0 Å². The van der Waals surface area contributed by atoms with E-state index in [9.17, 15) is 9.59 Å². The van der Waals surface area contributed by atoms with E-state index in [-0.39, 0.29) is 22.7 Å². The lowest BCUT2D eigenvalue weighted by Gasteiger charge is -2.06. The smallest absolute Gasteiger partial charge is 0.371 e. The van der Waals surface area contributed by atoms with E-state index < -0.39 is 5.97 Å². The molecule has 0 fully saturated rings. The summed E-state index contributed by atoms with van der Waals surface area (Å²) in [5, 5.41) is 8.57. The van der Waals surface area contributed by atoms with Gasteiger partial charge < -0.3 is 14.3 Å². The van der Waals surface area contributed by atoms with Crippen LogP contribution in [0.15, 0.2) is 16.5 Å². The molecule has 0 amide bonds. The Hall–Kier alpha value is -1.43. The van der Waals surface area contributed by atoms with Gasteiger partial charge in [-0.3, -0.25) is 4.79 Å². The van der Waals surface area contributed by atoms with Crippen molar-refractivity contribution in [1.82, 2.24) is 0 Å². The second-order valence-corrected chi connectivity index (χ2v) is 4.37. The van der Waals surface area contributed by atoms with E-state index in [1.807, 2.05) is 6.92 Å². The van der Waals surface area contributed by atoms with Crippen molar-refractivity contribution in [3.8, 4) is 0 Å². The molecule has 1 unspecified atom stereocenters. The predicted molar refractivity (Wildman–Crippen MR) is 58.6 cm³/mol. The fraction of sp³-hybridized carbons (Fsp3) is 0.400. The van der Waals surface area contributed by atoms with Crippen molar-refractivity contribution in [2.45, 2.75) is 12.2 Å². The summed E-state index contributed by atoms with van der Waals surface area (Å²) in [5.41, 5.74) is 0. The van der Waals surface area contributed by atoms with E-state index in [2.05, 4.69) is 4.74 Å². The molecule has 1 aromatic heterocycles. The van der Waals surface area contributed by atoms with Crippen LogP contribution in [-0.2, 0) is 9.53 Å². The molecular weight excluding hydrogens is 232 g/mol. The molecule has 5 nitrogen and oxygen atoms in total. The number of carbonyl (C=O) groups is 2. The Kier molecular flexibility index (Phi) is 4.42. The van der Waals surface area contributed by atoms with Crippen LogP contribution in [0.4, 0.5) is 0 Å². The maximum Gasteiger partial charge on any atom is 0.371 e. The largest absolute Gasteiger partial charge is 0.475 e. The Balaban J connectivity index is 2.55. The fourth-order valence-corrected chi connectivity index (χ4v) is 1.82. The molecule has 0 aromatic carbocycles. The molecule has 0 aliphatic carbocycles. The van der Waals surface area contributed by atoms with Gasteiger partial charge in [0.05, 0.1) is 18.1 Å². The highest BCUT2D eigenvalue weighted by molar-refractivity contribution is 8.00. The van der Waals surface area contributed by atoms with Gasteiger partial charge in [-0.05, 0) is 19.1 Å². The number of thioether (sulfide) groups is 1. The molecule has 6 heteroatoms. The van der Waals surface area contributed by atoms with Crippen molar-refractivity contribution in [2.75, 3.05) is 12.9 Å². The van der Waals surface area contributed by atoms with Gasteiger partial charge in [0.2, 0.25) is 5.76 Å². The SMILES string of the molecule is COC(=O)CSC(C)c1ccc(C(=O)O)o1. The number of carboxylic acids is 1. The van der Waals surface area contributed by atoms with Crippen LogP contribution in [0.25, 0.3) is 0 Å². The van der Waals surface area contributed by atoms with Gasteiger partial charge in [0.15, 0.2) is 0 Å². The molecule has 16 heavy (non-hydrogen) atoms. The minimum atomic E-state index is -1.10. The first kappa shape index (κ1) is 12.6. The average Bonchev–Trinajstić information content (AvgIpc) is 2.74. The number of esters is 1. The first-order valence-corrected chi connectivity index (χ1v) is 5.61. The van der Waals surface area contributed by atoms with E-state index in [1.165, 1.54) is 24.9 Å². The number of hydrogen-bond donors (Lipinski definition) is 1. The molecule has 88 valence electrons. The maximum atomic E-state index is 10.9. The van der Waals surface area contributed by atoms with Gasteiger partial charge in [-0.2, -0.15) is 0 Å². The van der Waals surface area contributed by atoms with Gasteiger partial charge in [-0.1, -0.05) is 0 Å². The van der Waals surface area contributed by atoms with Crippen molar-refractivity contribution in [1.29, 1.82) is 0 Å². The Morgan fingerprint density at radius 2 is 2.25 bits per heavy atom. The molecule has 0 spiro atoms. The van der Waals surface area contributed by atoms with E-state index in [4.69, 9.17) is 9.52 Å². The molecule has 0 saturated heterocycles. The summed E-state index contributed by atoms with van der Waals surface area (Å²) < 4.78 is 9.60. The van der Waals surface area contributed by atoms with Gasteiger partial charge in [-0.25, -0.2) is 4.79 Å². The molecule has 0 saturated carbocycles. The zero-order chi connectivity index (χ0) is 12.1. The van der Waals surface area contributed by atoms with E-state index in [0.717, 1.165) is 0 Å². The van der Waals surface area contributed by atoms with Crippen molar-refractivity contribution in [2.24, 2.45) is 0 Å². The van der Waals surface area contributed by atoms with Crippen LogP contribution >= 0.6 is 11.8 Å². The number of methoxy groups -OCH3 is 1. The summed E-state index contributed by atoms with van der Waals surface area (Å²) in [4.78, 5) is 21.5. The number of aromatic carboxylic acids is 1. The normalized spacial score (nSPS) is 12.1. The minimum Gasteiger partial charge on any atom is -0.475 e. The topological polar surface area (TPSA) is 76.7 Å². The number of hydrogen-bond acceptors (Lipinski definition) is 5. The van der Waals surface area contributed by atoms with Crippen LogP contribution in [-0.4, -0.2) is 29.9 Å². The first-order chi connectivity index (χ1) is 7.54. The second kappa shape index (κ2) is 5.60. The lowest BCUT2D eigenvalue weighted by atomic mass is 10.3. The highest BCUT2D eigenvalue weighted by Gasteiger charge is 2.15. The number of carboxylic acid groups (broad SMARTS) is 1. The maximum absolute atomic E-state index is 10.9. The van der Waals surface area contributed by atoms with Crippen LogP contribution in [0.5, 0.6) is 0 Å². The zero-order valence-electron chi connectivity index (χ0n) is 8.93. The van der Waals surface area contributed by atoms with E-state index in [0.29, 0.717) is 5.76 Å². The quantitative estimate of drug-likeness (QED) is 0.798. The first-order valence-electron chi connectivity index (χ1n) is 4.56. The van der Waals surface area contributed by atoms with Crippen LogP contribution < -0.4 is 0 Å². The Labute approximate surface area is 96.8 Å². The van der Waals surface area contributed by atoms with Crippen LogP contribution in [0.3, 0.4) is 0 Å². The summed E-state index contributed by atoms with van der Waals surface area (Å²) in [7, 11) is 1.32. The Bertz CT molecular complexity index is 384. The molecule has 0 aliphatic heterocycles. The van der Waals surface area contributed by atoms with E-state index >= 15 is 0 Å². The number of rotatable bonds is 5. The third kappa shape index (κ3) is 3.30. The van der Waals surface area contributed by atoms with Crippen molar-refractivity contribution >= 4 is 23.7 Å². The fourth-order valence-electron chi connectivity index (χ4n) is 1.02. The summed E-state index contributed by atoms with van der Waals surface area (Å²) >= 11 is 1.33. The predicted octanol–water partition coefficient (Wildman–Crippen LogP) is 1.95. The van der Waals surface area contributed by atoms with Gasteiger partial charge in [-0.15, -0.1) is 11.8 Å². The molecule has 0 bridgehead atoms. The van der Waals surface area contributed by atoms with Crippen LogP contribution in [0.1, 0.15) is 28.5 Å². The lowest BCUT2D eigenvalue weighted by molar-refractivity contribution is -0.137. The molecular formula is C10H12O5S. The summed E-state index contributed by atoms with van der Waals surface area (Å²) in [6.45, 7) is 1.83. The monoisotopic (exact) mass is 244 g/mol. The number of ether oxygens (including phenoxy) is 1. The molecule has 1 atom stereocenters. The highest BCUT2D eigenvalue weighted by atomic mass is 32.2. The molecule has 0 aliphatic rings.